The summed E-state index contributed by atoms with van der Waals surface area (Å²) >= 11 is 39.5. The molecule has 0 aromatic heterocycles. The van der Waals surface area contributed by atoms with E-state index in [0.717, 1.165) is 5.06 Å². The van der Waals surface area contributed by atoms with Crippen LogP contribution < -0.4 is 0 Å². The van der Waals surface area contributed by atoms with Gasteiger partial charge in [-0.2, -0.15) is 5.06 Å². The number of alkyl halides is 4. The van der Waals surface area contributed by atoms with Crippen LogP contribution in [0.1, 0.15) is 0 Å². The molecule has 136 valence electrons. The average Bonchev–Trinajstić information content (AvgIpc) is 3.24. The third-order valence-corrected chi connectivity index (χ3v) is 10.6. The van der Waals surface area contributed by atoms with Crippen molar-refractivity contribution in [1.29, 1.82) is 0 Å². The van der Waals surface area contributed by atoms with Crippen LogP contribution in [-0.2, 0) is 19.2 Å². The van der Waals surface area contributed by atoms with Gasteiger partial charge in [-0.05, 0) is 0 Å². The van der Waals surface area contributed by atoms with E-state index >= 15 is 0 Å². The first-order valence-electron chi connectivity index (χ1n) is 7.46. The summed E-state index contributed by atoms with van der Waals surface area (Å²) in [6.07, 6.45) is -1.41. The van der Waals surface area contributed by atoms with E-state index < -0.39 is 61.8 Å². The smallest absolute Gasteiger partial charge is 0.260 e. The van der Waals surface area contributed by atoms with Crippen molar-refractivity contribution < 1.29 is 19.2 Å². The fourth-order valence-corrected chi connectivity index (χ4v) is 8.51. The molecule has 0 aromatic rings. The number of fused-ring (bicyclic) bond motifs is 12. The Morgan fingerprint density at radius 2 is 1.32 bits per heavy atom. The van der Waals surface area contributed by atoms with Crippen LogP contribution in [0.4, 0.5) is 0 Å². The van der Waals surface area contributed by atoms with Crippen LogP contribution in [-0.4, -0.2) is 50.3 Å². The van der Waals surface area contributed by atoms with Crippen molar-refractivity contribution in [2.45, 2.75) is 26.3 Å². The van der Waals surface area contributed by atoms with Gasteiger partial charge in [0.25, 0.3) is 11.8 Å². The van der Waals surface area contributed by atoms with E-state index in [-0.39, 0.29) is 10.1 Å². The van der Waals surface area contributed by atoms with Crippen LogP contribution in [0.5, 0.6) is 0 Å². The van der Waals surface area contributed by atoms with Gasteiger partial charge in [-0.1, -0.05) is 46.4 Å². The van der Waals surface area contributed by atoms with Gasteiger partial charge in [0.1, 0.15) is 9.75 Å². The molecule has 0 aromatic carbocycles. The largest absolute Gasteiger partial charge is 0.373 e. The molecule has 3 heterocycles. The number of carbonyl (C=O) groups is 2. The number of hydroxylamine groups is 2. The summed E-state index contributed by atoms with van der Waals surface area (Å²) in [6, 6.07) is 0. The summed E-state index contributed by atoms with van der Waals surface area (Å²) in [5.41, 5.74) is 0. The number of carbonyl (C=O) groups excluding carboxylic acids is 2. The maximum atomic E-state index is 12.6. The van der Waals surface area contributed by atoms with E-state index in [9.17, 15) is 9.59 Å². The number of nitrogens with zero attached hydrogens (tertiary/aromatic N) is 1. The molecule has 1 saturated carbocycles. The minimum Gasteiger partial charge on any atom is -0.373 e. The molecule has 0 spiro atoms. The molecule has 2 amide bonds. The lowest BCUT2D eigenvalue weighted by Crippen LogP contribution is -2.50. The van der Waals surface area contributed by atoms with Gasteiger partial charge < -0.3 is 4.74 Å². The standard InChI is InChI=1S/C14H9Cl6NO4/c1-24-21-10(22)2-3(11(21)23)7-5-4(6(2)25-7)12(17)8(15)9(16)13(5,18)14(12,19)20/h2-7H,1H3. The van der Waals surface area contributed by atoms with Gasteiger partial charge in [0, 0.05) is 11.8 Å². The Bertz CT molecular complexity index is 729. The van der Waals surface area contributed by atoms with Crippen molar-refractivity contribution in [3.8, 4) is 0 Å². The first kappa shape index (κ1) is 17.6. The predicted octanol–water partition coefficient (Wildman–Crippen LogP) is 3.01. The van der Waals surface area contributed by atoms with Gasteiger partial charge in [0.15, 0.2) is 4.33 Å². The summed E-state index contributed by atoms with van der Waals surface area (Å²) in [6.45, 7) is 0. The highest BCUT2D eigenvalue weighted by atomic mass is 35.5. The van der Waals surface area contributed by atoms with Gasteiger partial charge in [-0.15, -0.1) is 23.2 Å². The molecule has 5 nitrogen and oxygen atoms in total. The van der Waals surface area contributed by atoms with E-state index in [4.69, 9.17) is 79.2 Å². The van der Waals surface area contributed by atoms with E-state index in [2.05, 4.69) is 0 Å². The minimum atomic E-state index is -1.71. The molecule has 4 fully saturated rings. The monoisotopic (exact) mass is 465 g/mol. The van der Waals surface area contributed by atoms with Gasteiger partial charge in [-0.3, -0.25) is 14.4 Å². The molecular formula is C14H9Cl6NO4. The summed E-state index contributed by atoms with van der Waals surface area (Å²) < 4.78 is 4.28. The Labute approximate surface area is 172 Å². The van der Waals surface area contributed by atoms with E-state index in [1.807, 2.05) is 0 Å². The number of hydrogen-bond acceptors (Lipinski definition) is 4. The van der Waals surface area contributed by atoms with Crippen molar-refractivity contribution >= 4 is 81.4 Å². The Morgan fingerprint density at radius 1 is 0.920 bits per heavy atom. The van der Waals surface area contributed by atoms with Crippen LogP contribution in [0.3, 0.4) is 0 Å². The van der Waals surface area contributed by atoms with Crippen LogP contribution in [0.15, 0.2) is 10.1 Å². The molecule has 4 bridgehead atoms. The quantitative estimate of drug-likeness (QED) is 0.439. The Balaban J connectivity index is 1.70. The lowest BCUT2D eigenvalue weighted by atomic mass is 9.65. The Kier molecular flexibility index (Phi) is 3.34. The number of imide groups is 1. The first-order valence-corrected chi connectivity index (χ1v) is 9.72. The van der Waals surface area contributed by atoms with Gasteiger partial charge in [0.05, 0.1) is 41.2 Å². The second kappa shape index (κ2) is 4.74. The molecule has 2 aliphatic carbocycles. The number of hydrogen-bond donors (Lipinski definition) is 0. The molecule has 25 heavy (non-hydrogen) atoms. The molecular weight excluding hydrogens is 459 g/mol. The third-order valence-electron chi connectivity index (χ3n) is 6.32. The fraction of sp³-hybridized carbons (Fsp3) is 0.714. The first-order chi connectivity index (χ1) is 11.6. The maximum absolute atomic E-state index is 12.6. The predicted molar refractivity (Wildman–Crippen MR) is 91.8 cm³/mol. The van der Waals surface area contributed by atoms with Gasteiger partial charge in [-0.25, -0.2) is 0 Å². The van der Waals surface area contributed by atoms with E-state index in [1.54, 1.807) is 0 Å². The molecule has 0 N–H and O–H groups in total. The normalized spacial score (nSPS) is 54.8. The van der Waals surface area contributed by atoms with Crippen molar-refractivity contribution in [2.75, 3.05) is 7.11 Å². The summed E-state index contributed by atoms with van der Waals surface area (Å²) in [7, 11) is 1.26. The van der Waals surface area contributed by atoms with Crippen LogP contribution >= 0.6 is 69.6 Å². The highest BCUT2D eigenvalue weighted by Gasteiger charge is 2.90. The average molecular weight is 468 g/mol. The number of ether oxygens (including phenoxy) is 1. The fourth-order valence-electron chi connectivity index (χ4n) is 5.45. The Morgan fingerprint density at radius 3 is 1.68 bits per heavy atom. The third kappa shape index (κ3) is 1.46. The molecule has 5 aliphatic rings. The topological polar surface area (TPSA) is 55.8 Å². The van der Waals surface area contributed by atoms with Crippen molar-refractivity contribution in [2.24, 2.45) is 23.7 Å². The second-order valence-electron chi connectivity index (χ2n) is 6.95. The molecule has 3 saturated heterocycles. The highest BCUT2D eigenvalue weighted by Crippen LogP contribution is 2.81. The zero-order valence-corrected chi connectivity index (χ0v) is 16.8. The van der Waals surface area contributed by atoms with Gasteiger partial charge in [0.2, 0.25) is 0 Å². The molecule has 3 aliphatic heterocycles. The number of halogens is 6. The highest BCUT2D eigenvalue weighted by molar-refractivity contribution is 6.65. The second-order valence-corrected chi connectivity index (χ2v) is 10.2. The van der Waals surface area contributed by atoms with Crippen LogP contribution in [0.25, 0.3) is 0 Å². The zero-order valence-electron chi connectivity index (χ0n) is 12.3. The summed E-state index contributed by atoms with van der Waals surface area (Å²) in [5.74, 6) is -3.54. The number of amides is 2. The maximum Gasteiger partial charge on any atom is 0.260 e. The zero-order chi connectivity index (χ0) is 18.3. The van der Waals surface area contributed by atoms with Crippen LogP contribution in [0.2, 0.25) is 0 Å². The SMILES string of the molecule is CON1C(=O)C2C3OC(C2C1=O)C1C3C2(Cl)C(Cl)=C(Cl)C1(Cl)C2(Cl)Cl. The number of rotatable bonds is 1. The molecule has 0 radical (unpaired) electrons. The lowest BCUT2D eigenvalue weighted by molar-refractivity contribution is -0.184. The molecule has 8 unspecified atom stereocenters. The Hall–Kier alpha value is 0.540. The number of allylic oxidation sites excluding steroid dienone is 2. The van der Waals surface area contributed by atoms with E-state index in [1.165, 1.54) is 7.11 Å². The van der Waals surface area contributed by atoms with Crippen molar-refractivity contribution in [3.05, 3.63) is 10.1 Å². The minimum absolute atomic E-state index is 0.0603. The van der Waals surface area contributed by atoms with Crippen LogP contribution in [0, 0.1) is 23.7 Å². The van der Waals surface area contributed by atoms with Crippen molar-refractivity contribution in [1.82, 2.24) is 5.06 Å². The van der Waals surface area contributed by atoms with Crippen molar-refractivity contribution in [3.63, 3.8) is 0 Å². The summed E-state index contributed by atoms with van der Waals surface area (Å²) in [5, 5.41) is 0.878. The molecule has 8 atom stereocenters. The lowest BCUT2D eigenvalue weighted by Gasteiger charge is -2.39. The van der Waals surface area contributed by atoms with E-state index in [0.29, 0.717) is 0 Å². The summed E-state index contributed by atoms with van der Waals surface area (Å²) in [4.78, 5) is 27.1. The molecule has 11 heteroatoms. The van der Waals surface area contributed by atoms with Gasteiger partial charge >= 0.3 is 0 Å². The molecule has 5 rings (SSSR count).